The Balaban J connectivity index is 2.07. The fourth-order valence-electron chi connectivity index (χ4n) is 5.43. The third kappa shape index (κ3) is 6.61. The maximum atomic E-state index is 14.5. The minimum absolute atomic E-state index is 0.00725. The molecule has 0 N–H and O–H groups in total. The van der Waals surface area contributed by atoms with Gasteiger partial charge in [-0.3, -0.25) is 0 Å². The van der Waals surface area contributed by atoms with E-state index in [-0.39, 0.29) is 11.4 Å². The van der Waals surface area contributed by atoms with Crippen LogP contribution in [0.3, 0.4) is 0 Å². The first-order valence-corrected chi connectivity index (χ1v) is 13.9. The van der Waals surface area contributed by atoms with E-state index in [0.717, 1.165) is 34.9 Å². The van der Waals surface area contributed by atoms with Crippen LogP contribution in [-0.4, -0.2) is 31.9 Å². The fourth-order valence-corrected chi connectivity index (χ4v) is 5.43. The van der Waals surface area contributed by atoms with Gasteiger partial charge in [-0.05, 0) is 90.1 Å². The predicted molar refractivity (Wildman–Crippen MR) is 153 cm³/mol. The number of ether oxygens (including phenoxy) is 2. The van der Waals surface area contributed by atoms with Gasteiger partial charge in [-0.1, -0.05) is 69.2 Å². The van der Waals surface area contributed by atoms with Crippen molar-refractivity contribution in [1.82, 2.24) is 0 Å². The Morgan fingerprint density at radius 2 is 1.33 bits per heavy atom. The van der Waals surface area contributed by atoms with E-state index in [1.165, 1.54) is 18.1 Å². The highest BCUT2D eigenvalue weighted by atomic mass is 19.4. The molecule has 3 aromatic rings. The lowest BCUT2D eigenvalue weighted by Crippen LogP contribution is -2.58. The average Bonchev–Trinajstić information content (AvgIpc) is 2.93. The molecule has 2 nitrogen and oxygen atoms in total. The molecule has 0 saturated carbocycles. The lowest BCUT2D eigenvalue weighted by atomic mass is 9.69. The number of alkyl halides is 6. The van der Waals surface area contributed by atoms with E-state index >= 15 is 0 Å². The first kappa shape index (κ1) is 34.1. The molecule has 0 bridgehead atoms. The van der Waals surface area contributed by atoms with Gasteiger partial charge in [0.05, 0.1) is 0 Å². The molecular formula is C34H35F7O2. The smallest absolute Gasteiger partial charge is 0.359 e. The molecule has 0 radical (unpaired) electrons. The van der Waals surface area contributed by atoms with Crippen LogP contribution >= 0.6 is 0 Å². The summed E-state index contributed by atoms with van der Waals surface area (Å²) < 4.78 is 105. The fraction of sp³-hybridized carbons (Fsp3) is 0.412. The molecule has 0 spiro atoms. The van der Waals surface area contributed by atoms with Crippen molar-refractivity contribution in [3.8, 4) is 23.0 Å². The lowest BCUT2D eigenvalue weighted by molar-refractivity contribution is -0.368. The van der Waals surface area contributed by atoms with Gasteiger partial charge in [-0.25, -0.2) is 4.39 Å². The monoisotopic (exact) mass is 608 g/mol. The van der Waals surface area contributed by atoms with Crippen LogP contribution in [0.15, 0.2) is 54.6 Å². The van der Waals surface area contributed by atoms with Gasteiger partial charge < -0.3 is 9.47 Å². The Hall–Kier alpha value is -3.35. The Morgan fingerprint density at radius 3 is 1.79 bits per heavy atom. The molecule has 3 rings (SSSR count). The van der Waals surface area contributed by atoms with Gasteiger partial charge in [0.15, 0.2) is 0 Å². The van der Waals surface area contributed by atoms with Crippen molar-refractivity contribution in [2.45, 2.75) is 77.2 Å². The van der Waals surface area contributed by atoms with Gasteiger partial charge in [-0.2, -0.15) is 26.3 Å². The molecule has 0 saturated heterocycles. The minimum atomic E-state index is -5.86. The van der Waals surface area contributed by atoms with Crippen molar-refractivity contribution in [2.75, 3.05) is 13.9 Å². The zero-order valence-corrected chi connectivity index (χ0v) is 25.0. The number of aryl methyl sites for hydroxylation is 3. The van der Waals surface area contributed by atoms with E-state index in [1.54, 1.807) is 25.1 Å². The normalized spacial score (nSPS) is 12.7. The first-order chi connectivity index (χ1) is 20.1. The predicted octanol–water partition coefficient (Wildman–Crippen LogP) is 9.61. The van der Waals surface area contributed by atoms with Gasteiger partial charge in [0.1, 0.15) is 12.6 Å². The van der Waals surface area contributed by atoms with Crippen LogP contribution in [0.1, 0.15) is 67.0 Å². The van der Waals surface area contributed by atoms with Crippen LogP contribution in [0.5, 0.6) is 0 Å². The highest BCUT2D eigenvalue weighted by Crippen LogP contribution is 2.46. The quantitative estimate of drug-likeness (QED) is 0.137. The summed E-state index contributed by atoms with van der Waals surface area (Å²) in [5.74, 6) is 3.15. The van der Waals surface area contributed by atoms with E-state index in [0.29, 0.717) is 30.4 Å². The van der Waals surface area contributed by atoms with E-state index in [9.17, 15) is 30.7 Å². The molecule has 0 amide bonds. The maximum absolute atomic E-state index is 14.5. The molecule has 0 aliphatic heterocycles. The lowest BCUT2D eigenvalue weighted by Gasteiger charge is -2.34. The van der Waals surface area contributed by atoms with Crippen LogP contribution in [-0.2, 0) is 21.3 Å². The van der Waals surface area contributed by atoms with Crippen molar-refractivity contribution < 1.29 is 40.2 Å². The summed E-state index contributed by atoms with van der Waals surface area (Å²) in [6.07, 6.45) is -9.79. The van der Waals surface area contributed by atoms with Crippen LogP contribution in [0, 0.1) is 31.5 Å². The number of hydrogen-bond donors (Lipinski definition) is 0. The van der Waals surface area contributed by atoms with E-state index in [1.807, 2.05) is 52.0 Å². The van der Waals surface area contributed by atoms with Gasteiger partial charge >= 0.3 is 18.0 Å². The third-order valence-corrected chi connectivity index (χ3v) is 8.07. The molecule has 9 heteroatoms. The van der Waals surface area contributed by atoms with Crippen molar-refractivity contribution in [1.29, 1.82) is 0 Å². The molecule has 0 aliphatic carbocycles. The Bertz CT molecular complexity index is 1480. The second kappa shape index (κ2) is 13.1. The second-order valence-electron chi connectivity index (χ2n) is 10.5. The summed E-state index contributed by atoms with van der Waals surface area (Å²) in [7, 11) is 0.917. The number of hydrogen-bond acceptors (Lipinski definition) is 2. The Morgan fingerprint density at radius 1 is 0.744 bits per heavy atom. The number of halogens is 7. The Labute approximate surface area is 248 Å². The SMILES string of the molecule is CCc1ccc(-c2ccc(C(CC)(CC)c3ccc(C#CC(OCOC)(C(F)(F)F)C(F)(F)F)c(C)c3)cc2C)cc1F. The van der Waals surface area contributed by atoms with Crippen molar-refractivity contribution in [3.05, 3.63) is 93.8 Å². The number of methoxy groups -OCH3 is 1. The second-order valence-corrected chi connectivity index (χ2v) is 10.5. The molecule has 0 unspecified atom stereocenters. The molecule has 232 valence electrons. The standard InChI is InChI=1S/C34H35F7O2/c1-7-24-10-11-26(20-30(24)35)29-15-14-28(19-23(29)5)31(8-2,9-3)27-13-12-25(22(4)18-27)16-17-32(33(36,37)38,34(39,40)41)43-21-42-6/h10-15,18-20H,7-9,21H2,1-6H3. The largest absolute Gasteiger partial charge is 0.438 e. The molecule has 0 fully saturated rings. The Kier molecular flexibility index (Phi) is 10.4. The van der Waals surface area contributed by atoms with Crippen LogP contribution < -0.4 is 0 Å². The zero-order valence-electron chi connectivity index (χ0n) is 25.0. The molecule has 0 heterocycles. The average molecular weight is 609 g/mol. The highest BCUT2D eigenvalue weighted by Gasteiger charge is 2.72. The van der Waals surface area contributed by atoms with Crippen LogP contribution in [0.2, 0.25) is 0 Å². The highest BCUT2D eigenvalue weighted by molar-refractivity contribution is 5.68. The maximum Gasteiger partial charge on any atom is 0.438 e. The van der Waals surface area contributed by atoms with Gasteiger partial charge in [0.2, 0.25) is 0 Å². The first-order valence-electron chi connectivity index (χ1n) is 13.9. The van der Waals surface area contributed by atoms with Crippen LogP contribution in [0.25, 0.3) is 11.1 Å². The number of rotatable bonds is 9. The molecule has 3 aromatic carbocycles. The van der Waals surface area contributed by atoms with Gasteiger partial charge in [0, 0.05) is 18.1 Å². The molecule has 0 atom stereocenters. The summed E-state index contributed by atoms with van der Waals surface area (Å²) in [4.78, 5) is 0. The molecule has 43 heavy (non-hydrogen) atoms. The molecule has 0 aliphatic rings. The van der Waals surface area contributed by atoms with Crippen molar-refractivity contribution >= 4 is 0 Å². The summed E-state index contributed by atoms with van der Waals surface area (Å²) in [5.41, 5.74) is 0.288. The summed E-state index contributed by atoms with van der Waals surface area (Å²) in [6.45, 7) is 8.21. The molecular weight excluding hydrogens is 573 g/mol. The van der Waals surface area contributed by atoms with Crippen LogP contribution in [0.4, 0.5) is 30.7 Å². The van der Waals surface area contributed by atoms with Crippen molar-refractivity contribution in [3.63, 3.8) is 0 Å². The summed E-state index contributed by atoms with van der Waals surface area (Å²) in [6, 6.07) is 16.1. The van der Waals surface area contributed by atoms with E-state index in [2.05, 4.69) is 15.4 Å². The zero-order chi connectivity index (χ0) is 32.2. The van der Waals surface area contributed by atoms with E-state index < -0.39 is 30.2 Å². The molecule has 0 aromatic heterocycles. The number of benzene rings is 3. The third-order valence-electron chi connectivity index (χ3n) is 8.07. The van der Waals surface area contributed by atoms with Gasteiger partial charge in [0.25, 0.3) is 0 Å². The minimum Gasteiger partial charge on any atom is -0.359 e. The summed E-state index contributed by atoms with van der Waals surface area (Å²) in [5, 5.41) is 0. The van der Waals surface area contributed by atoms with Crippen molar-refractivity contribution in [2.24, 2.45) is 0 Å². The topological polar surface area (TPSA) is 18.5 Å². The van der Waals surface area contributed by atoms with E-state index in [4.69, 9.17) is 0 Å². The van der Waals surface area contributed by atoms with Gasteiger partial charge in [-0.15, -0.1) is 0 Å². The summed E-state index contributed by atoms with van der Waals surface area (Å²) >= 11 is 0.